The Hall–Kier alpha value is -2.84. The van der Waals surface area contributed by atoms with Gasteiger partial charge in [-0.15, -0.1) is 0 Å². The van der Waals surface area contributed by atoms with Gasteiger partial charge in [0, 0.05) is 31.0 Å². The Morgan fingerprint density at radius 2 is 1.88 bits per heavy atom. The van der Waals surface area contributed by atoms with Crippen molar-refractivity contribution < 1.29 is 22.4 Å². The average Bonchev–Trinajstić information content (AvgIpc) is 2.57. The quantitative estimate of drug-likeness (QED) is 0.602. The van der Waals surface area contributed by atoms with Crippen LogP contribution in [0, 0.1) is 5.82 Å². The van der Waals surface area contributed by atoms with Gasteiger partial charge in [-0.1, -0.05) is 6.07 Å². The van der Waals surface area contributed by atoms with Crippen LogP contribution in [0.25, 0.3) is 0 Å². The maximum Gasteiger partial charge on any atom is 0.419 e. The van der Waals surface area contributed by atoms with E-state index in [0.717, 1.165) is 6.07 Å². The fourth-order valence-electron chi connectivity index (χ4n) is 2.25. The highest BCUT2D eigenvalue weighted by Crippen LogP contribution is 2.32. The second-order valence-corrected chi connectivity index (χ2v) is 5.51. The minimum atomic E-state index is -4.84. The van der Waals surface area contributed by atoms with E-state index >= 15 is 0 Å². The molecule has 9 heteroatoms. The lowest BCUT2D eigenvalue weighted by Crippen LogP contribution is -2.30. The first-order valence-corrected chi connectivity index (χ1v) is 7.84. The molecule has 0 aliphatic rings. The molecule has 140 valence electrons. The first kappa shape index (κ1) is 19.5. The highest BCUT2D eigenvalue weighted by molar-refractivity contribution is 5.89. The lowest BCUT2D eigenvalue weighted by atomic mass is 10.2. The molecule has 1 heterocycles. The van der Waals surface area contributed by atoms with E-state index in [-0.39, 0.29) is 17.8 Å². The SMILES string of the molecule is O=C(NCCCCn1ccccc1=O)Nc1ccc(F)c(C(F)(F)F)c1. The molecule has 1 aromatic heterocycles. The number of carbonyl (C=O) groups excluding carboxylic acids is 1. The molecule has 0 spiro atoms. The van der Waals surface area contributed by atoms with E-state index in [1.54, 1.807) is 18.3 Å². The number of nitrogens with zero attached hydrogens (tertiary/aromatic N) is 1. The molecule has 0 aliphatic carbocycles. The molecule has 2 amide bonds. The minimum Gasteiger partial charge on any atom is -0.338 e. The van der Waals surface area contributed by atoms with Crippen molar-refractivity contribution in [1.82, 2.24) is 9.88 Å². The first-order chi connectivity index (χ1) is 12.3. The van der Waals surface area contributed by atoms with Crippen LogP contribution in [0.4, 0.5) is 28.0 Å². The van der Waals surface area contributed by atoms with Crippen molar-refractivity contribution in [3.8, 4) is 0 Å². The molecule has 0 atom stereocenters. The van der Waals surface area contributed by atoms with Crippen LogP contribution in [0.2, 0.25) is 0 Å². The molecule has 0 fully saturated rings. The van der Waals surface area contributed by atoms with Crippen molar-refractivity contribution in [2.75, 3.05) is 11.9 Å². The lowest BCUT2D eigenvalue weighted by Gasteiger charge is -2.12. The molecular weight excluding hydrogens is 354 g/mol. The number of rotatable bonds is 6. The Balaban J connectivity index is 1.77. The second-order valence-electron chi connectivity index (χ2n) is 5.51. The van der Waals surface area contributed by atoms with Gasteiger partial charge in [0.15, 0.2) is 0 Å². The zero-order valence-electron chi connectivity index (χ0n) is 13.6. The molecule has 0 saturated heterocycles. The third-order valence-electron chi connectivity index (χ3n) is 3.54. The summed E-state index contributed by atoms with van der Waals surface area (Å²) in [6.45, 7) is 0.774. The predicted molar refractivity (Wildman–Crippen MR) is 88.4 cm³/mol. The molecule has 0 bridgehead atoms. The van der Waals surface area contributed by atoms with Crippen LogP contribution >= 0.6 is 0 Å². The summed E-state index contributed by atoms with van der Waals surface area (Å²) in [5, 5.41) is 4.72. The van der Waals surface area contributed by atoms with Crippen molar-refractivity contribution in [1.29, 1.82) is 0 Å². The number of hydrogen-bond acceptors (Lipinski definition) is 2. The Kier molecular flexibility index (Phi) is 6.37. The van der Waals surface area contributed by atoms with E-state index < -0.39 is 23.6 Å². The van der Waals surface area contributed by atoms with E-state index in [1.165, 1.54) is 10.6 Å². The van der Waals surface area contributed by atoms with E-state index in [4.69, 9.17) is 0 Å². The van der Waals surface area contributed by atoms with Crippen LogP contribution < -0.4 is 16.2 Å². The summed E-state index contributed by atoms with van der Waals surface area (Å²) in [6, 6.07) is 6.37. The summed E-state index contributed by atoms with van der Waals surface area (Å²) in [7, 11) is 0. The summed E-state index contributed by atoms with van der Waals surface area (Å²) in [5.41, 5.74) is -1.72. The van der Waals surface area contributed by atoms with Gasteiger partial charge in [0.1, 0.15) is 5.82 Å². The number of alkyl halides is 3. The molecular formula is C17H17F4N3O2. The molecule has 2 aromatic rings. The number of urea groups is 1. The van der Waals surface area contributed by atoms with Crippen LogP contribution in [-0.4, -0.2) is 17.1 Å². The number of hydrogen-bond donors (Lipinski definition) is 2. The van der Waals surface area contributed by atoms with Crippen LogP contribution in [0.5, 0.6) is 0 Å². The maximum absolute atomic E-state index is 13.2. The Morgan fingerprint density at radius 3 is 2.58 bits per heavy atom. The van der Waals surface area contributed by atoms with Crippen molar-refractivity contribution in [2.24, 2.45) is 0 Å². The highest BCUT2D eigenvalue weighted by Gasteiger charge is 2.34. The highest BCUT2D eigenvalue weighted by atomic mass is 19.4. The van der Waals surface area contributed by atoms with Gasteiger partial charge in [-0.05, 0) is 37.1 Å². The maximum atomic E-state index is 13.2. The number of anilines is 1. The molecule has 2 N–H and O–H groups in total. The zero-order valence-corrected chi connectivity index (χ0v) is 13.6. The molecule has 1 aromatic carbocycles. The molecule has 0 aliphatic heterocycles. The molecule has 2 rings (SSSR count). The fourth-order valence-corrected chi connectivity index (χ4v) is 2.25. The smallest absolute Gasteiger partial charge is 0.338 e. The average molecular weight is 371 g/mol. The number of unbranched alkanes of at least 4 members (excludes halogenated alkanes) is 1. The standard InChI is InChI=1S/C17H17F4N3O2/c18-14-7-6-12(11-13(14)17(19,20)21)23-16(26)22-8-2-4-10-24-9-3-1-5-15(24)25/h1,3,5-7,9,11H,2,4,8,10H2,(H2,22,23,26). The molecule has 0 radical (unpaired) electrons. The number of carbonyl (C=O) groups is 1. The number of aryl methyl sites for hydroxylation is 1. The lowest BCUT2D eigenvalue weighted by molar-refractivity contribution is -0.139. The van der Waals surface area contributed by atoms with Crippen LogP contribution in [0.1, 0.15) is 18.4 Å². The van der Waals surface area contributed by atoms with Gasteiger partial charge >= 0.3 is 12.2 Å². The van der Waals surface area contributed by atoms with Crippen LogP contribution in [0.15, 0.2) is 47.4 Å². The summed E-state index contributed by atoms with van der Waals surface area (Å²) in [4.78, 5) is 23.2. The van der Waals surface area contributed by atoms with Gasteiger partial charge in [-0.2, -0.15) is 13.2 Å². The Labute approximate surface area is 146 Å². The summed E-state index contributed by atoms with van der Waals surface area (Å²) < 4.78 is 52.6. The van der Waals surface area contributed by atoms with Crippen molar-refractivity contribution in [3.63, 3.8) is 0 Å². The van der Waals surface area contributed by atoms with Gasteiger partial charge in [0.2, 0.25) is 5.56 Å². The van der Waals surface area contributed by atoms with Gasteiger partial charge in [0.05, 0.1) is 5.56 Å². The Bertz CT molecular complexity index is 818. The Morgan fingerprint density at radius 1 is 1.12 bits per heavy atom. The van der Waals surface area contributed by atoms with Gasteiger partial charge in [-0.25, -0.2) is 9.18 Å². The monoisotopic (exact) mass is 371 g/mol. The molecule has 0 saturated carbocycles. The zero-order chi connectivity index (χ0) is 19.2. The summed E-state index contributed by atoms with van der Waals surface area (Å²) >= 11 is 0. The van der Waals surface area contributed by atoms with Gasteiger partial charge in [0.25, 0.3) is 0 Å². The largest absolute Gasteiger partial charge is 0.419 e. The van der Waals surface area contributed by atoms with E-state index in [0.29, 0.717) is 31.5 Å². The number of pyridine rings is 1. The number of benzene rings is 1. The van der Waals surface area contributed by atoms with Gasteiger partial charge < -0.3 is 15.2 Å². The summed E-state index contributed by atoms with van der Waals surface area (Å²) in [5.74, 6) is -1.40. The second kappa shape index (κ2) is 8.50. The first-order valence-electron chi connectivity index (χ1n) is 7.84. The van der Waals surface area contributed by atoms with Crippen LogP contribution in [-0.2, 0) is 12.7 Å². The fraction of sp³-hybridized carbons (Fsp3) is 0.294. The van der Waals surface area contributed by atoms with E-state index in [9.17, 15) is 27.2 Å². The molecule has 26 heavy (non-hydrogen) atoms. The van der Waals surface area contributed by atoms with Crippen molar-refractivity contribution >= 4 is 11.7 Å². The third-order valence-corrected chi connectivity index (χ3v) is 3.54. The van der Waals surface area contributed by atoms with E-state index in [1.807, 2.05) is 0 Å². The number of halogens is 4. The normalized spacial score (nSPS) is 11.2. The number of aromatic nitrogens is 1. The minimum absolute atomic E-state index is 0.116. The van der Waals surface area contributed by atoms with E-state index in [2.05, 4.69) is 10.6 Å². The number of nitrogens with one attached hydrogen (secondary N) is 2. The molecule has 5 nitrogen and oxygen atoms in total. The summed E-state index contributed by atoms with van der Waals surface area (Å²) in [6.07, 6.45) is -1.96. The molecule has 0 unspecified atom stereocenters. The van der Waals surface area contributed by atoms with Crippen molar-refractivity contribution in [3.05, 3.63) is 64.3 Å². The van der Waals surface area contributed by atoms with Gasteiger partial charge in [-0.3, -0.25) is 4.79 Å². The predicted octanol–water partition coefficient (Wildman–Crippen LogP) is 3.61. The topological polar surface area (TPSA) is 63.1 Å². The third kappa shape index (κ3) is 5.61. The van der Waals surface area contributed by atoms with Crippen molar-refractivity contribution in [2.45, 2.75) is 25.6 Å². The number of amides is 2. The van der Waals surface area contributed by atoms with Crippen LogP contribution in [0.3, 0.4) is 0 Å².